The van der Waals surface area contributed by atoms with Crippen molar-refractivity contribution in [2.75, 3.05) is 6.54 Å². The minimum Gasteiger partial charge on any atom is -0.460 e. The normalized spacial score (nSPS) is 12.8. The van der Waals surface area contributed by atoms with E-state index in [1.165, 1.54) is 0 Å². The van der Waals surface area contributed by atoms with Crippen LogP contribution in [0, 0.1) is 0 Å². The van der Waals surface area contributed by atoms with Gasteiger partial charge in [-0.15, -0.1) is 0 Å². The average Bonchev–Trinajstić information content (AvgIpc) is 2.40. The first kappa shape index (κ1) is 20.9. The maximum absolute atomic E-state index is 11.7. The molecular formula is C17H34N2O3. The van der Waals surface area contributed by atoms with Crippen LogP contribution in [0.5, 0.6) is 0 Å². The Balaban J connectivity index is 3.56. The van der Waals surface area contributed by atoms with Crippen LogP contribution in [0.25, 0.3) is 0 Å². The van der Waals surface area contributed by atoms with Crippen LogP contribution in [0.15, 0.2) is 0 Å². The zero-order chi connectivity index (χ0) is 17.0. The van der Waals surface area contributed by atoms with Crippen LogP contribution in [-0.2, 0) is 14.3 Å². The minimum absolute atomic E-state index is 0.0664. The van der Waals surface area contributed by atoms with Crippen molar-refractivity contribution in [3.05, 3.63) is 0 Å². The second-order valence-electron chi connectivity index (χ2n) is 6.79. The molecular weight excluding hydrogens is 280 g/mol. The highest BCUT2D eigenvalue weighted by molar-refractivity contribution is 5.81. The zero-order valence-corrected chi connectivity index (χ0v) is 14.7. The molecule has 0 rings (SSSR count). The highest BCUT2D eigenvalue weighted by Gasteiger charge is 2.15. The molecule has 0 unspecified atom stereocenters. The number of rotatable bonds is 11. The summed E-state index contributed by atoms with van der Waals surface area (Å²) in [4.78, 5) is 23.2. The van der Waals surface area contributed by atoms with Crippen LogP contribution in [0.2, 0.25) is 0 Å². The van der Waals surface area contributed by atoms with Gasteiger partial charge in [0.25, 0.3) is 0 Å². The second kappa shape index (κ2) is 11.5. The van der Waals surface area contributed by atoms with E-state index in [0.717, 1.165) is 44.9 Å². The molecule has 1 amide bonds. The first-order chi connectivity index (χ1) is 10.3. The number of nitrogens with one attached hydrogen (secondary N) is 1. The summed E-state index contributed by atoms with van der Waals surface area (Å²) in [7, 11) is 0. The number of carbonyl (C=O) groups is 2. The highest BCUT2D eigenvalue weighted by atomic mass is 16.6. The van der Waals surface area contributed by atoms with E-state index in [9.17, 15) is 9.59 Å². The number of nitrogens with two attached hydrogens (primary N) is 1. The zero-order valence-electron chi connectivity index (χ0n) is 14.7. The molecule has 0 saturated carbocycles. The molecule has 0 spiro atoms. The molecule has 5 nitrogen and oxygen atoms in total. The molecule has 0 heterocycles. The smallest absolute Gasteiger partial charge is 0.306 e. The van der Waals surface area contributed by atoms with Gasteiger partial charge in [-0.3, -0.25) is 9.59 Å². The van der Waals surface area contributed by atoms with Crippen molar-refractivity contribution in [1.29, 1.82) is 0 Å². The van der Waals surface area contributed by atoms with Gasteiger partial charge in [-0.25, -0.2) is 0 Å². The Morgan fingerprint density at radius 2 is 1.77 bits per heavy atom. The van der Waals surface area contributed by atoms with E-state index in [1.54, 1.807) is 0 Å². The van der Waals surface area contributed by atoms with Crippen LogP contribution in [0.1, 0.15) is 79.1 Å². The SMILES string of the molecule is CCCCC[C@@H](N)C(=O)NCCCCCC(=O)OC(C)(C)C. The number of esters is 1. The van der Waals surface area contributed by atoms with Gasteiger partial charge in [0.05, 0.1) is 6.04 Å². The topological polar surface area (TPSA) is 81.4 Å². The molecule has 0 aliphatic rings. The summed E-state index contributed by atoms with van der Waals surface area (Å²) in [5.41, 5.74) is 5.41. The van der Waals surface area contributed by atoms with Crippen molar-refractivity contribution in [1.82, 2.24) is 5.32 Å². The number of ether oxygens (including phenoxy) is 1. The number of carbonyl (C=O) groups excluding carboxylic acids is 2. The number of amides is 1. The third-order valence-corrected chi connectivity index (χ3v) is 3.23. The molecule has 0 aromatic carbocycles. The lowest BCUT2D eigenvalue weighted by molar-refractivity contribution is -0.154. The first-order valence-electron chi connectivity index (χ1n) is 8.51. The van der Waals surface area contributed by atoms with Crippen LogP contribution in [-0.4, -0.2) is 30.1 Å². The molecule has 22 heavy (non-hydrogen) atoms. The number of hydrogen-bond acceptors (Lipinski definition) is 4. The van der Waals surface area contributed by atoms with Crippen LogP contribution >= 0.6 is 0 Å². The van der Waals surface area contributed by atoms with E-state index in [-0.39, 0.29) is 11.9 Å². The molecule has 3 N–H and O–H groups in total. The summed E-state index contributed by atoms with van der Waals surface area (Å²) in [5, 5.41) is 2.86. The monoisotopic (exact) mass is 314 g/mol. The Hall–Kier alpha value is -1.10. The maximum atomic E-state index is 11.7. The lowest BCUT2D eigenvalue weighted by Crippen LogP contribution is -2.40. The molecule has 0 aromatic rings. The van der Waals surface area contributed by atoms with Gasteiger partial charge in [0.15, 0.2) is 0 Å². The van der Waals surface area contributed by atoms with Gasteiger partial charge < -0.3 is 15.8 Å². The van der Waals surface area contributed by atoms with Crippen molar-refractivity contribution in [2.24, 2.45) is 5.73 Å². The van der Waals surface area contributed by atoms with Crippen LogP contribution in [0.4, 0.5) is 0 Å². The van der Waals surface area contributed by atoms with Crippen LogP contribution < -0.4 is 11.1 Å². The Bertz CT molecular complexity index is 324. The highest BCUT2D eigenvalue weighted by Crippen LogP contribution is 2.10. The van der Waals surface area contributed by atoms with Crippen molar-refractivity contribution >= 4 is 11.9 Å². The molecule has 0 radical (unpaired) electrons. The maximum Gasteiger partial charge on any atom is 0.306 e. The van der Waals surface area contributed by atoms with Crippen LogP contribution in [0.3, 0.4) is 0 Å². The summed E-state index contributed by atoms with van der Waals surface area (Å²) in [6, 6.07) is -0.395. The van der Waals surface area contributed by atoms with Gasteiger partial charge >= 0.3 is 5.97 Å². The van der Waals surface area contributed by atoms with Crippen molar-refractivity contribution < 1.29 is 14.3 Å². The predicted molar refractivity (Wildman–Crippen MR) is 89.4 cm³/mol. The van der Waals surface area contributed by atoms with E-state index < -0.39 is 11.6 Å². The molecule has 130 valence electrons. The van der Waals surface area contributed by atoms with E-state index in [4.69, 9.17) is 10.5 Å². The summed E-state index contributed by atoms with van der Waals surface area (Å²) in [6.45, 7) is 8.34. The Morgan fingerprint density at radius 3 is 2.36 bits per heavy atom. The van der Waals surface area contributed by atoms with Crippen molar-refractivity contribution in [3.8, 4) is 0 Å². The molecule has 1 atom stereocenters. The Labute approximate surface area is 135 Å². The van der Waals surface area contributed by atoms with Gasteiger partial charge in [-0.1, -0.05) is 32.6 Å². The lowest BCUT2D eigenvalue weighted by Gasteiger charge is -2.19. The van der Waals surface area contributed by atoms with Gasteiger partial charge in [0, 0.05) is 13.0 Å². The molecule has 5 heteroatoms. The molecule has 0 bridgehead atoms. The average molecular weight is 314 g/mol. The van der Waals surface area contributed by atoms with E-state index in [2.05, 4.69) is 12.2 Å². The fraction of sp³-hybridized carbons (Fsp3) is 0.882. The minimum atomic E-state index is -0.418. The van der Waals surface area contributed by atoms with Gasteiger partial charge in [0.1, 0.15) is 5.60 Å². The molecule has 0 aliphatic heterocycles. The summed E-state index contributed by atoms with van der Waals surface area (Å²) < 4.78 is 5.24. The second-order valence-corrected chi connectivity index (χ2v) is 6.79. The lowest BCUT2D eigenvalue weighted by atomic mass is 10.1. The molecule has 0 fully saturated rings. The number of unbranched alkanes of at least 4 members (excludes halogenated alkanes) is 4. The predicted octanol–water partition coefficient (Wildman–Crippen LogP) is 2.91. The fourth-order valence-corrected chi connectivity index (χ4v) is 2.05. The third-order valence-electron chi connectivity index (χ3n) is 3.23. The van der Waals surface area contributed by atoms with Gasteiger partial charge in [-0.05, 0) is 40.0 Å². The van der Waals surface area contributed by atoms with E-state index in [0.29, 0.717) is 13.0 Å². The molecule has 0 aliphatic carbocycles. The summed E-state index contributed by atoms with van der Waals surface area (Å²) in [6.07, 6.45) is 6.97. The van der Waals surface area contributed by atoms with Crippen molar-refractivity contribution in [3.63, 3.8) is 0 Å². The van der Waals surface area contributed by atoms with E-state index >= 15 is 0 Å². The quantitative estimate of drug-likeness (QED) is 0.454. The van der Waals surface area contributed by atoms with Gasteiger partial charge in [-0.2, -0.15) is 0 Å². The Morgan fingerprint density at radius 1 is 1.09 bits per heavy atom. The van der Waals surface area contributed by atoms with Gasteiger partial charge in [0.2, 0.25) is 5.91 Å². The fourth-order valence-electron chi connectivity index (χ4n) is 2.05. The van der Waals surface area contributed by atoms with E-state index in [1.807, 2.05) is 20.8 Å². The number of hydrogen-bond donors (Lipinski definition) is 2. The molecule has 0 aromatic heterocycles. The summed E-state index contributed by atoms with van der Waals surface area (Å²) in [5.74, 6) is -0.224. The molecule has 0 saturated heterocycles. The van der Waals surface area contributed by atoms with Crippen molar-refractivity contribution in [2.45, 2.75) is 90.7 Å². The standard InChI is InChI=1S/C17H34N2O3/c1-5-6-8-11-14(18)16(21)19-13-10-7-9-12-15(20)22-17(2,3)4/h14H,5-13,18H2,1-4H3,(H,19,21)/t14-/m1/s1. The third kappa shape index (κ3) is 12.6. The largest absolute Gasteiger partial charge is 0.460 e. The Kier molecular flexibility index (Phi) is 10.9. The first-order valence-corrected chi connectivity index (χ1v) is 8.51. The summed E-state index contributed by atoms with van der Waals surface area (Å²) >= 11 is 0.